The Hall–Kier alpha value is -1.84. The van der Waals surface area contributed by atoms with Crippen molar-refractivity contribution in [1.29, 1.82) is 0 Å². The van der Waals surface area contributed by atoms with Crippen molar-refractivity contribution >= 4 is 17.5 Å². The standard InChI is InChI=1S/C17H24N2O2/c1-12(2)15-6-4-5-7-16(15)18-17(21)10-11-19(13(3)20)14-8-9-14/h4-7,12,14H,8-11H2,1-3H3,(H,18,21). The topological polar surface area (TPSA) is 49.4 Å². The second kappa shape index (κ2) is 6.74. The normalized spacial score (nSPS) is 14.1. The molecule has 4 nitrogen and oxygen atoms in total. The molecule has 1 aliphatic carbocycles. The Morgan fingerprint density at radius 3 is 2.52 bits per heavy atom. The van der Waals surface area contributed by atoms with Gasteiger partial charge in [0.15, 0.2) is 0 Å². The van der Waals surface area contributed by atoms with Gasteiger partial charge in [0.25, 0.3) is 0 Å². The largest absolute Gasteiger partial charge is 0.339 e. The minimum atomic E-state index is -0.0324. The Kier molecular flexibility index (Phi) is 4.99. The first-order valence-electron chi connectivity index (χ1n) is 7.65. The lowest BCUT2D eigenvalue weighted by molar-refractivity contribution is -0.129. The van der Waals surface area contributed by atoms with Gasteiger partial charge in [-0.05, 0) is 30.4 Å². The second-order valence-corrected chi connectivity index (χ2v) is 5.98. The van der Waals surface area contributed by atoms with Crippen LogP contribution < -0.4 is 5.32 Å². The Bertz CT molecular complexity index is 521. The van der Waals surface area contributed by atoms with Crippen molar-refractivity contribution in [2.75, 3.05) is 11.9 Å². The average molecular weight is 288 g/mol. The quantitative estimate of drug-likeness (QED) is 0.874. The van der Waals surface area contributed by atoms with E-state index in [-0.39, 0.29) is 11.8 Å². The maximum atomic E-state index is 12.1. The zero-order valence-corrected chi connectivity index (χ0v) is 13.1. The highest BCUT2D eigenvalue weighted by Gasteiger charge is 2.30. The summed E-state index contributed by atoms with van der Waals surface area (Å²) in [6.45, 7) is 6.30. The van der Waals surface area contributed by atoms with E-state index in [2.05, 4.69) is 19.2 Å². The highest BCUT2D eigenvalue weighted by atomic mass is 16.2. The summed E-state index contributed by atoms with van der Waals surface area (Å²) in [5, 5.41) is 2.97. The molecule has 1 aromatic carbocycles. The number of amides is 2. The van der Waals surface area contributed by atoms with Gasteiger partial charge in [0.2, 0.25) is 11.8 Å². The number of hydrogen-bond donors (Lipinski definition) is 1. The van der Waals surface area contributed by atoms with Crippen LogP contribution in [0.25, 0.3) is 0 Å². The van der Waals surface area contributed by atoms with Crippen LogP contribution in [0, 0.1) is 0 Å². The van der Waals surface area contributed by atoms with Crippen molar-refractivity contribution in [3.05, 3.63) is 29.8 Å². The van der Waals surface area contributed by atoms with Gasteiger partial charge in [-0.1, -0.05) is 32.0 Å². The van der Waals surface area contributed by atoms with Crippen LogP contribution in [0.2, 0.25) is 0 Å². The third kappa shape index (κ3) is 4.31. The molecule has 0 aromatic heterocycles. The minimum Gasteiger partial charge on any atom is -0.339 e. The molecule has 0 aliphatic heterocycles. The number of hydrogen-bond acceptors (Lipinski definition) is 2. The zero-order valence-electron chi connectivity index (χ0n) is 13.1. The molecular formula is C17H24N2O2. The van der Waals surface area contributed by atoms with Crippen molar-refractivity contribution in [3.63, 3.8) is 0 Å². The predicted octanol–water partition coefficient (Wildman–Crippen LogP) is 3.15. The monoisotopic (exact) mass is 288 g/mol. The number of nitrogens with zero attached hydrogens (tertiary/aromatic N) is 1. The van der Waals surface area contributed by atoms with Crippen molar-refractivity contribution in [3.8, 4) is 0 Å². The number of nitrogens with one attached hydrogen (secondary N) is 1. The zero-order chi connectivity index (χ0) is 15.4. The first kappa shape index (κ1) is 15.5. The van der Waals surface area contributed by atoms with Crippen molar-refractivity contribution in [2.45, 2.75) is 52.0 Å². The molecule has 0 heterocycles. The number of rotatable bonds is 6. The predicted molar refractivity (Wildman–Crippen MR) is 84.2 cm³/mol. The molecule has 1 saturated carbocycles. The van der Waals surface area contributed by atoms with Crippen LogP contribution >= 0.6 is 0 Å². The van der Waals surface area contributed by atoms with E-state index in [9.17, 15) is 9.59 Å². The molecule has 0 saturated heterocycles. The molecule has 2 rings (SSSR count). The first-order valence-corrected chi connectivity index (χ1v) is 7.65. The molecule has 2 amide bonds. The fourth-order valence-corrected chi connectivity index (χ4v) is 2.53. The second-order valence-electron chi connectivity index (χ2n) is 5.98. The van der Waals surface area contributed by atoms with E-state index in [0.29, 0.717) is 24.9 Å². The molecule has 1 fully saturated rings. The van der Waals surface area contributed by atoms with Crippen LogP contribution in [-0.2, 0) is 9.59 Å². The summed E-state index contributed by atoms with van der Waals surface area (Å²) in [6, 6.07) is 8.23. The molecule has 1 aromatic rings. The molecule has 0 unspecified atom stereocenters. The fraction of sp³-hybridized carbons (Fsp3) is 0.529. The number of anilines is 1. The summed E-state index contributed by atoms with van der Waals surface area (Å²) in [7, 11) is 0. The highest BCUT2D eigenvalue weighted by molar-refractivity contribution is 5.92. The third-order valence-corrected chi connectivity index (χ3v) is 3.83. The van der Waals surface area contributed by atoms with Gasteiger partial charge in [0, 0.05) is 31.6 Å². The third-order valence-electron chi connectivity index (χ3n) is 3.83. The van der Waals surface area contributed by atoms with Gasteiger partial charge in [-0.15, -0.1) is 0 Å². The van der Waals surface area contributed by atoms with E-state index in [1.54, 1.807) is 6.92 Å². The van der Waals surface area contributed by atoms with Crippen LogP contribution in [0.1, 0.15) is 51.5 Å². The van der Waals surface area contributed by atoms with Crippen LogP contribution in [0.5, 0.6) is 0 Å². The Balaban J connectivity index is 1.91. The van der Waals surface area contributed by atoms with Crippen LogP contribution in [-0.4, -0.2) is 29.3 Å². The number of para-hydroxylation sites is 1. The summed E-state index contributed by atoms with van der Waals surface area (Å²) in [6.07, 6.45) is 2.48. The summed E-state index contributed by atoms with van der Waals surface area (Å²) >= 11 is 0. The molecule has 0 atom stereocenters. The molecule has 1 aliphatic rings. The van der Waals surface area contributed by atoms with Gasteiger partial charge in [-0.3, -0.25) is 9.59 Å². The minimum absolute atomic E-state index is 0.0324. The van der Waals surface area contributed by atoms with Gasteiger partial charge < -0.3 is 10.2 Å². The Morgan fingerprint density at radius 1 is 1.29 bits per heavy atom. The van der Waals surface area contributed by atoms with Gasteiger partial charge in [-0.25, -0.2) is 0 Å². The van der Waals surface area contributed by atoms with E-state index < -0.39 is 0 Å². The number of carbonyl (C=O) groups is 2. The summed E-state index contributed by atoms with van der Waals surface area (Å²) in [5.74, 6) is 0.393. The summed E-state index contributed by atoms with van der Waals surface area (Å²) in [4.78, 5) is 25.5. The lowest BCUT2D eigenvalue weighted by Crippen LogP contribution is -2.33. The average Bonchev–Trinajstić information content (AvgIpc) is 3.23. The van der Waals surface area contributed by atoms with Gasteiger partial charge in [0.05, 0.1) is 0 Å². The van der Waals surface area contributed by atoms with Crippen LogP contribution in [0.4, 0.5) is 5.69 Å². The SMILES string of the molecule is CC(=O)N(CCC(=O)Nc1ccccc1C(C)C)C1CC1. The molecule has 0 bridgehead atoms. The van der Waals surface area contributed by atoms with Gasteiger partial charge in [0.1, 0.15) is 0 Å². The highest BCUT2D eigenvalue weighted by Crippen LogP contribution is 2.27. The van der Waals surface area contributed by atoms with Gasteiger partial charge in [-0.2, -0.15) is 0 Å². The van der Waals surface area contributed by atoms with E-state index >= 15 is 0 Å². The van der Waals surface area contributed by atoms with E-state index in [1.807, 2.05) is 29.2 Å². The van der Waals surface area contributed by atoms with E-state index in [1.165, 1.54) is 0 Å². The van der Waals surface area contributed by atoms with Crippen LogP contribution in [0.3, 0.4) is 0 Å². The lowest BCUT2D eigenvalue weighted by atomic mass is 10.0. The van der Waals surface area contributed by atoms with E-state index in [0.717, 1.165) is 24.1 Å². The molecule has 0 radical (unpaired) electrons. The number of benzene rings is 1. The van der Waals surface area contributed by atoms with E-state index in [4.69, 9.17) is 0 Å². The summed E-state index contributed by atoms with van der Waals surface area (Å²) < 4.78 is 0. The maximum absolute atomic E-state index is 12.1. The smallest absolute Gasteiger partial charge is 0.226 e. The number of carbonyl (C=O) groups excluding carboxylic acids is 2. The van der Waals surface area contributed by atoms with Crippen LogP contribution in [0.15, 0.2) is 24.3 Å². The van der Waals surface area contributed by atoms with Crippen molar-refractivity contribution in [1.82, 2.24) is 4.90 Å². The molecule has 0 spiro atoms. The Labute approximate surface area is 126 Å². The van der Waals surface area contributed by atoms with Crippen molar-refractivity contribution in [2.24, 2.45) is 0 Å². The summed E-state index contributed by atoms with van der Waals surface area (Å²) in [5.41, 5.74) is 2.01. The molecule has 21 heavy (non-hydrogen) atoms. The fourth-order valence-electron chi connectivity index (χ4n) is 2.53. The molecular weight excluding hydrogens is 264 g/mol. The van der Waals surface area contributed by atoms with Gasteiger partial charge >= 0.3 is 0 Å². The molecule has 4 heteroatoms. The van der Waals surface area contributed by atoms with Crippen molar-refractivity contribution < 1.29 is 9.59 Å². The Morgan fingerprint density at radius 2 is 1.95 bits per heavy atom. The molecule has 114 valence electrons. The molecule has 1 N–H and O–H groups in total. The maximum Gasteiger partial charge on any atom is 0.226 e. The first-order chi connectivity index (χ1) is 9.99. The lowest BCUT2D eigenvalue weighted by Gasteiger charge is -2.20.